The minimum Gasteiger partial charge on any atom is -0.323 e. The molecule has 0 fully saturated rings. The Morgan fingerprint density at radius 2 is 1.72 bits per heavy atom. The van der Waals surface area contributed by atoms with Gasteiger partial charge in [-0.05, 0) is 23.4 Å². The molecule has 1 N–H and O–H groups in total. The maximum atomic E-state index is 12.9. The van der Waals surface area contributed by atoms with Crippen LogP contribution in [0.3, 0.4) is 0 Å². The van der Waals surface area contributed by atoms with Crippen LogP contribution in [0.25, 0.3) is 0 Å². The fourth-order valence-corrected chi connectivity index (χ4v) is 3.77. The lowest BCUT2D eigenvalue weighted by Crippen LogP contribution is -2.38. The minimum atomic E-state index is -3.54. The van der Waals surface area contributed by atoms with Gasteiger partial charge in [-0.1, -0.05) is 49.4 Å². The molecule has 0 spiro atoms. The maximum Gasteiger partial charge on any atom is 0.247 e. The van der Waals surface area contributed by atoms with Gasteiger partial charge in [0.25, 0.3) is 0 Å². The number of hydrogen-bond donors (Lipinski definition) is 1. The van der Waals surface area contributed by atoms with Crippen molar-refractivity contribution in [3.63, 3.8) is 0 Å². The second-order valence-corrected chi connectivity index (χ2v) is 8.86. The SMILES string of the molecule is CCSc1ccccc1NC(=O)[C@H](c1ccccc1)N(C)S(C)(=O)=O. The van der Waals surface area contributed by atoms with Crippen LogP contribution >= 0.6 is 11.8 Å². The van der Waals surface area contributed by atoms with Crippen LogP contribution in [-0.4, -0.2) is 37.7 Å². The fraction of sp³-hybridized carbons (Fsp3) is 0.278. The van der Waals surface area contributed by atoms with Crippen LogP contribution in [0.2, 0.25) is 0 Å². The van der Waals surface area contributed by atoms with E-state index in [2.05, 4.69) is 5.32 Å². The summed E-state index contributed by atoms with van der Waals surface area (Å²) in [6.07, 6.45) is 1.09. The summed E-state index contributed by atoms with van der Waals surface area (Å²) in [4.78, 5) is 13.9. The standard InChI is InChI=1S/C18H22N2O3S2/c1-4-24-16-13-9-8-12-15(16)19-18(21)17(20(2)25(3,22)23)14-10-6-5-7-11-14/h5-13,17H,4H2,1-3H3,(H,19,21)/t17-/m0/s1. The van der Waals surface area contributed by atoms with Crippen LogP contribution in [0.15, 0.2) is 59.5 Å². The van der Waals surface area contributed by atoms with Crippen LogP contribution in [-0.2, 0) is 14.8 Å². The van der Waals surface area contributed by atoms with Gasteiger partial charge in [0.15, 0.2) is 0 Å². The first-order valence-corrected chi connectivity index (χ1v) is 10.7. The number of carbonyl (C=O) groups excluding carboxylic acids is 1. The number of rotatable bonds is 7. The van der Waals surface area contributed by atoms with Crippen molar-refractivity contribution in [2.45, 2.75) is 17.9 Å². The molecule has 5 nitrogen and oxygen atoms in total. The molecule has 134 valence electrons. The van der Waals surface area contributed by atoms with Crippen LogP contribution in [0.1, 0.15) is 18.5 Å². The largest absolute Gasteiger partial charge is 0.323 e. The van der Waals surface area contributed by atoms with Crippen molar-refractivity contribution in [2.24, 2.45) is 0 Å². The second-order valence-electron chi connectivity index (χ2n) is 5.51. The molecule has 0 aliphatic heterocycles. The van der Waals surface area contributed by atoms with E-state index >= 15 is 0 Å². The predicted molar refractivity (Wildman–Crippen MR) is 103 cm³/mol. The van der Waals surface area contributed by atoms with Crippen LogP contribution in [0.4, 0.5) is 5.69 Å². The number of thioether (sulfide) groups is 1. The van der Waals surface area contributed by atoms with Gasteiger partial charge in [0.2, 0.25) is 15.9 Å². The van der Waals surface area contributed by atoms with E-state index in [4.69, 9.17) is 0 Å². The van der Waals surface area contributed by atoms with E-state index in [0.29, 0.717) is 11.3 Å². The summed E-state index contributed by atoms with van der Waals surface area (Å²) in [5.74, 6) is 0.487. The van der Waals surface area contributed by atoms with Crippen molar-refractivity contribution in [3.05, 3.63) is 60.2 Å². The van der Waals surface area contributed by atoms with Gasteiger partial charge < -0.3 is 5.32 Å². The Morgan fingerprint density at radius 1 is 1.12 bits per heavy atom. The van der Waals surface area contributed by atoms with Crippen molar-refractivity contribution >= 4 is 33.4 Å². The average molecular weight is 379 g/mol. The molecule has 0 heterocycles. The first-order chi connectivity index (χ1) is 11.8. The highest BCUT2D eigenvalue weighted by molar-refractivity contribution is 7.99. The van der Waals surface area contributed by atoms with Crippen LogP contribution in [0.5, 0.6) is 0 Å². The number of sulfonamides is 1. The Hall–Kier alpha value is -1.83. The van der Waals surface area contributed by atoms with E-state index in [1.807, 2.05) is 37.3 Å². The van der Waals surface area contributed by atoms with Crippen molar-refractivity contribution in [2.75, 3.05) is 24.4 Å². The lowest BCUT2D eigenvalue weighted by Gasteiger charge is -2.26. The molecule has 0 aliphatic rings. The van der Waals surface area contributed by atoms with E-state index in [1.54, 1.807) is 36.0 Å². The number of benzene rings is 2. The van der Waals surface area contributed by atoms with Gasteiger partial charge in [-0.25, -0.2) is 8.42 Å². The minimum absolute atomic E-state index is 0.386. The average Bonchev–Trinajstić information content (AvgIpc) is 2.57. The van der Waals surface area contributed by atoms with Crippen molar-refractivity contribution in [1.82, 2.24) is 4.31 Å². The summed E-state index contributed by atoms with van der Waals surface area (Å²) >= 11 is 1.62. The fourth-order valence-electron chi connectivity index (χ4n) is 2.41. The van der Waals surface area contributed by atoms with Gasteiger partial charge >= 0.3 is 0 Å². The third-order valence-corrected chi connectivity index (χ3v) is 5.91. The number of anilines is 1. The van der Waals surface area contributed by atoms with Crippen molar-refractivity contribution in [3.8, 4) is 0 Å². The zero-order chi connectivity index (χ0) is 18.4. The number of likely N-dealkylation sites (N-methyl/N-ethyl adjacent to an activating group) is 1. The molecule has 0 saturated heterocycles. The molecule has 0 aliphatic carbocycles. The Morgan fingerprint density at radius 3 is 2.32 bits per heavy atom. The molecule has 2 aromatic rings. The van der Waals surface area contributed by atoms with Crippen molar-refractivity contribution < 1.29 is 13.2 Å². The topological polar surface area (TPSA) is 66.5 Å². The molecule has 0 radical (unpaired) electrons. The summed E-state index contributed by atoms with van der Waals surface area (Å²) in [5.41, 5.74) is 1.30. The lowest BCUT2D eigenvalue weighted by molar-refractivity contribution is -0.119. The van der Waals surface area contributed by atoms with E-state index < -0.39 is 16.1 Å². The zero-order valence-corrected chi connectivity index (χ0v) is 16.1. The highest BCUT2D eigenvalue weighted by Gasteiger charge is 2.31. The molecule has 0 unspecified atom stereocenters. The Labute approximate surface area is 153 Å². The van der Waals surface area contributed by atoms with Crippen molar-refractivity contribution in [1.29, 1.82) is 0 Å². The number of nitrogens with one attached hydrogen (secondary N) is 1. The number of amides is 1. The van der Waals surface area contributed by atoms with E-state index in [9.17, 15) is 13.2 Å². The quantitative estimate of drug-likeness (QED) is 0.750. The zero-order valence-electron chi connectivity index (χ0n) is 14.5. The highest BCUT2D eigenvalue weighted by atomic mass is 32.2. The normalized spacial score (nSPS) is 12.8. The molecule has 0 aromatic heterocycles. The molecule has 2 aromatic carbocycles. The van der Waals surface area contributed by atoms with Gasteiger partial charge in [-0.15, -0.1) is 11.8 Å². The smallest absolute Gasteiger partial charge is 0.247 e. The Kier molecular flexibility index (Phi) is 6.64. The molecule has 1 amide bonds. The van der Waals surface area contributed by atoms with Crippen LogP contribution < -0.4 is 5.32 Å². The van der Waals surface area contributed by atoms with Gasteiger partial charge in [0, 0.05) is 11.9 Å². The summed E-state index contributed by atoms with van der Waals surface area (Å²) < 4.78 is 25.1. The third kappa shape index (κ3) is 5.07. The van der Waals surface area contributed by atoms with Crippen LogP contribution in [0, 0.1) is 0 Å². The molecule has 0 bridgehead atoms. The highest BCUT2D eigenvalue weighted by Crippen LogP contribution is 2.29. The summed E-state index contributed by atoms with van der Waals surface area (Å²) in [6, 6.07) is 15.5. The summed E-state index contributed by atoms with van der Waals surface area (Å²) in [7, 11) is -2.12. The number of carbonyl (C=O) groups is 1. The molecular weight excluding hydrogens is 356 g/mol. The molecule has 25 heavy (non-hydrogen) atoms. The van der Waals surface area contributed by atoms with Gasteiger partial charge in [0.05, 0.1) is 11.9 Å². The molecule has 0 saturated carbocycles. The number of para-hydroxylation sites is 1. The van der Waals surface area contributed by atoms with Gasteiger partial charge in [0.1, 0.15) is 6.04 Å². The van der Waals surface area contributed by atoms with E-state index in [-0.39, 0.29) is 5.91 Å². The van der Waals surface area contributed by atoms with E-state index in [0.717, 1.165) is 21.2 Å². The summed E-state index contributed by atoms with van der Waals surface area (Å²) in [5, 5.41) is 2.88. The second kappa shape index (κ2) is 8.51. The monoisotopic (exact) mass is 378 g/mol. The van der Waals surface area contributed by atoms with Gasteiger partial charge in [-0.3, -0.25) is 4.79 Å². The Bertz CT molecular complexity index is 823. The van der Waals surface area contributed by atoms with Gasteiger partial charge in [-0.2, -0.15) is 4.31 Å². The Balaban J connectivity index is 2.37. The predicted octanol–water partition coefficient (Wildman–Crippen LogP) is 3.37. The molecule has 1 atom stereocenters. The number of nitrogens with zero attached hydrogens (tertiary/aromatic N) is 1. The number of hydrogen-bond acceptors (Lipinski definition) is 4. The molecule has 7 heteroatoms. The maximum absolute atomic E-state index is 12.9. The first kappa shape index (κ1) is 19.5. The third-order valence-electron chi connectivity index (χ3n) is 3.70. The lowest BCUT2D eigenvalue weighted by atomic mass is 10.1. The summed E-state index contributed by atoms with van der Waals surface area (Å²) in [6.45, 7) is 2.04. The molecular formula is C18H22N2O3S2. The first-order valence-electron chi connectivity index (χ1n) is 7.85. The molecule has 2 rings (SSSR count). The van der Waals surface area contributed by atoms with E-state index in [1.165, 1.54) is 7.05 Å².